The van der Waals surface area contributed by atoms with Crippen LogP contribution >= 0.6 is 11.3 Å². The molecule has 7 rings (SSSR count). The van der Waals surface area contributed by atoms with Crippen LogP contribution in [0.4, 0.5) is 0 Å². The van der Waals surface area contributed by atoms with Gasteiger partial charge in [0.25, 0.3) is 0 Å². The molecule has 222 valence electrons. The smallest absolute Gasteiger partial charge is 0.0802 e. The second-order valence-electron chi connectivity index (χ2n) is 11.6. The molecule has 45 heavy (non-hydrogen) atoms. The second kappa shape index (κ2) is 12.3. The van der Waals surface area contributed by atoms with Gasteiger partial charge in [0.1, 0.15) is 0 Å². The van der Waals surface area contributed by atoms with E-state index < -0.39 is 0 Å². The Labute approximate surface area is 270 Å². The molecule has 0 aliphatic carbocycles. The van der Waals surface area contributed by atoms with Gasteiger partial charge in [-0.2, -0.15) is 0 Å². The van der Waals surface area contributed by atoms with Crippen LogP contribution in [0, 0.1) is 6.92 Å². The lowest BCUT2D eigenvalue weighted by atomic mass is 9.94. The molecule has 3 heteroatoms. The Hall–Kier alpha value is -4.73. The van der Waals surface area contributed by atoms with Crippen LogP contribution in [0.2, 0.25) is 0 Å². The summed E-state index contributed by atoms with van der Waals surface area (Å²) in [7, 11) is 0. The van der Waals surface area contributed by atoms with Crippen molar-refractivity contribution in [1.29, 1.82) is 0 Å². The van der Waals surface area contributed by atoms with Crippen molar-refractivity contribution >= 4 is 55.2 Å². The number of nitrogens with zero attached hydrogens (tertiary/aromatic N) is 2. The highest BCUT2D eigenvalue weighted by atomic mass is 32.1. The molecule has 7 aromatic rings. The fourth-order valence-corrected chi connectivity index (χ4v) is 8.37. The molecule has 0 aliphatic rings. The van der Waals surface area contributed by atoms with Crippen LogP contribution in [-0.2, 0) is 6.42 Å². The van der Waals surface area contributed by atoms with E-state index in [1.54, 1.807) is 0 Å². The predicted octanol–water partition coefficient (Wildman–Crippen LogP) is 11.9. The fraction of sp³-hybridized carbons (Fsp3) is 0.167. The number of aromatic nitrogens is 2. The van der Waals surface area contributed by atoms with Crippen molar-refractivity contribution in [2.75, 3.05) is 0 Å². The van der Waals surface area contributed by atoms with Crippen molar-refractivity contribution in [3.63, 3.8) is 0 Å². The first-order chi connectivity index (χ1) is 22.1. The van der Waals surface area contributed by atoms with Gasteiger partial charge in [0.05, 0.1) is 16.6 Å². The number of hydrogen-bond acceptors (Lipinski definition) is 2. The molecule has 0 spiro atoms. The van der Waals surface area contributed by atoms with Gasteiger partial charge in [0.2, 0.25) is 0 Å². The van der Waals surface area contributed by atoms with E-state index in [2.05, 4.69) is 141 Å². The summed E-state index contributed by atoms with van der Waals surface area (Å²) < 4.78 is 2.41. The maximum absolute atomic E-state index is 4.83. The first-order valence-electron chi connectivity index (χ1n) is 16.1. The summed E-state index contributed by atoms with van der Waals surface area (Å²) in [5, 5.41) is 3.60. The summed E-state index contributed by atoms with van der Waals surface area (Å²) in [5.74, 6) is 0. The van der Waals surface area contributed by atoms with Crippen LogP contribution in [0.25, 0.3) is 49.5 Å². The molecule has 0 fully saturated rings. The van der Waals surface area contributed by atoms with E-state index in [1.807, 2.05) is 23.6 Å². The Kier molecular flexibility index (Phi) is 7.95. The molecule has 0 saturated heterocycles. The quantitative estimate of drug-likeness (QED) is 0.169. The van der Waals surface area contributed by atoms with Crippen LogP contribution in [-0.4, -0.2) is 9.55 Å². The number of fused-ring (bicyclic) bond motifs is 5. The van der Waals surface area contributed by atoms with E-state index in [1.165, 1.54) is 65.0 Å². The highest BCUT2D eigenvalue weighted by Crippen LogP contribution is 2.43. The zero-order valence-corrected chi connectivity index (χ0v) is 27.3. The molecule has 2 nitrogen and oxygen atoms in total. The maximum Gasteiger partial charge on any atom is 0.0802 e. The van der Waals surface area contributed by atoms with Crippen LogP contribution in [0.15, 0.2) is 121 Å². The Balaban J connectivity index is 1.41. The minimum atomic E-state index is 0.969. The van der Waals surface area contributed by atoms with Crippen molar-refractivity contribution in [1.82, 2.24) is 9.55 Å². The number of rotatable bonds is 8. The van der Waals surface area contributed by atoms with Crippen LogP contribution < -0.4 is 0 Å². The van der Waals surface area contributed by atoms with E-state index >= 15 is 0 Å². The Morgan fingerprint density at radius 2 is 1.44 bits per heavy atom. The molecule has 4 aromatic carbocycles. The SMILES string of the molecule is CC/C=C(/c1cccc(-n2c3ccccc3c3c4ncccc4ccc32)c1)c1sc(/C(=C\CC)c2ccccc2)c(CC)c1C. The highest BCUT2D eigenvalue weighted by molar-refractivity contribution is 7.14. The molecule has 0 unspecified atom stereocenters. The summed E-state index contributed by atoms with van der Waals surface area (Å²) in [6.07, 6.45) is 9.69. The molecule has 0 bridgehead atoms. The van der Waals surface area contributed by atoms with Crippen molar-refractivity contribution in [2.24, 2.45) is 0 Å². The Morgan fingerprint density at radius 1 is 0.711 bits per heavy atom. The first-order valence-corrected chi connectivity index (χ1v) is 16.9. The average Bonchev–Trinajstić information content (AvgIpc) is 3.60. The van der Waals surface area contributed by atoms with Crippen molar-refractivity contribution in [3.05, 3.63) is 153 Å². The van der Waals surface area contributed by atoms with Crippen LogP contribution in [0.5, 0.6) is 0 Å². The molecule has 3 aromatic heterocycles. The summed E-state index contributed by atoms with van der Waals surface area (Å²) in [6, 6.07) is 37.3. The monoisotopic (exact) mass is 602 g/mol. The van der Waals surface area contributed by atoms with E-state index in [4.69, 9.17) is 4.98 Å². The number of para-hydroxylation sites is 1. The number of thiophene rings is 1. The van der Waals surface area contributed by atoms with Gasteiger partial charge in [0, 0.05) is 37.8 Å². The van der Waals surface area contributed by atoms with Crippen LogP contribution in [0.1, 0.15) is 65.6 Å². The van der Waals surface area contributed by atoms with Gasteiger partial charge < -0.3 is 4.57 Å². The third kappa shape index (κ3) is 5.02. The van der Waals surface area contributed by atoms with Gasteiger partial charge in [-0.25, -0.2) is 0 Å². The number of benzene rings is 4. The average molecular weight is 603 g/mol. The molecule has 0 atom stereocenters. The predicted molar refractivity (Wildman–Crippen MR) is 196 cm³/mol. The van der Waals surface area contributed by atoms with Gasteiger partial charge in [-0.15, -0.1) is 11.3 Å². The minimum absolute atomic E-state index is 0.969. The van der Waals surface area contributed by atoms with E-state index in [-0.39, 0.29) is 0 Å². The van der Waals surface area contributed by atoms with Crippen LogP contribution in [0.3, 0.4) is 0 Å². The Morgan fingerprint density at radius 3 is 2.22 bits per heavy atom. The number of allylic oxidation sites excluding steroid dienone is 2. The molecular formula is C42H38N2S. The lowest BCUT2D eigenvalue weighted by Gasteiger charge is -2.13. The number of pyridine rings is 1. The largest absolute Gasteiger partial charge is 0.309 e. The van der Waals surface area contributed by atoms with Crippen molar-refractivity contribution in [3.8, 4) is 5.69 Å². The summed E-state index contributed by atoms with van der Waals surface area (Å²) >= 11 is 1.95. The van der Waals surface area contributed by atoms with E-state index in [0.717, 1.165) is 35.9 Å². The topological polar surface area (TPSA) is 17.8 Å². The Bertz CT molecular complexity index is 2230. The molecule has 0 saturated carbocycles. The molecular weight excluding hydrogens is 565 g/mol. The van der Waals surface area contributed by atoms with Gasteiger partial charge >= 0.3 is 0 Å². The zero-order chi connectivity index (χ0) is 30.9. The lowest BCUT2D eigenvalue weighted by molar-refractivity contribution is 1.11. The van der Waals surface area contributed by atoms with Crippen molar-refractivity contribution < 1.29 is 0 Å². The normalized spacial score (nSPS) is 12.5. The van der Waals surface area contributed by atoms with E-state index in [0.29, 0.717) is 0 Å². The molecule has 0 radical (unpaired) electrons. The standard InChI is InChI=1S/C42H38N2S/c1-5-15-34(29-17-9-8-10-18-29)42-33(7-3)28(4)41(45-42)35(16-6-2)31-19-13-21-32(27-31)44-37-23-12-11-22-36(37)39-38(44)25-24-30-20-14-26-43-40(30)39/h8-27H,5-7H2,1-4H3/b34-15-,35-16-. The first kappa shape index (κ1) is 29.0. The fourth-order valence-electron chi connectivity index (χ4n) is 6.84. The zero-order valence-electron chi connectivity index (χ0n) is 26.5. The minimum Gasteiger partial charge on any atom is -0.309 e. The molecule has 0 N–H and O–H groups in total. The highest BCUT2D eigenvalue weighted by Gasteiger charge is 2.22. The second-order valence-corrected chi connectivity index (χ2v) is 12.6. The van der Waals surface area contributed by atoms with Gasteiger partial charge in [-0.3, -0.25) is 4.98 Å². The van der Waals surface area contributed by atoms with E-state index in [9.17, 15) is 0 Å². The maximum atomic E-state index is 4.83. The summed E-state index contributed by atoms with van der Waals surface area (Å²) in [5.41, 5.74) is 12.7. The molecule has 0 aliphatic heterocycles. The molecule has 0 amide bonds. The molecule has 3 heterocycles. The third-order valence-corrected chi connectivity index (χ3v) is 10.2. The third-order valence-electron chi connectivity index (χ3n) is 8.84. The lowest BCUT2D eigenvalue weighted by Crippen LogP contribution is -1.96. The summed E-state index contributed by atoms with van der Waals surface area (Å²) in [4.78, 5) is 7.60. The van der Waals surface area contributed by atoms with Gasteiger partial charge in [0.15, 0.2) is 0 Å². The van der Waals surface area contributed by atoms with Gasteiger partial charge in [-0.1, -0.05) is 106 Å². The van der Waals surface area contributed by atoms with Crippen molar-refractivity contribution in [2.45, 2.75) is 47.0 Å². The summed E-state index contributed by atoms with van der Waals surface area (Å²) in [6.45, 7) is 9.09. The van der Waals surface area contributed by atoms with Gasteiger partial charge in [-0.05, 0) is 89.9 Å². The number of hydrogen-bond donors (Lipinski definition) is 0.